The van der Waals surface area contributed by atoms with Crippen molar-refractivity contribution in [2.45, 2.75) is 18.1 Å². The molecule has 0 aliphatic carbocycles. The van der Waals surface area contributed by atoms with Gasteiger partial charge in [-0.25, -0.2) is 13.4 Å². The van der Waals surface area contributed by atoms with E-state index in [4.69, 9.17) is 10.7 Å². The first kappa shape index (κ1) is 12.8. The molecule has 1 fully saturated rings. The molecule has 17 heavy (non-hydrogen) atoms. The molecular weight excluding hydrogens is 284 g/mol. The normalized spacial score (nSPS) is 21.1. The van der Waals surface area contributed by atoms with Crippen molar-refractivity contribution in [3.63, 3.8) is 0 Å². The summed E-state index contributed by atoms with van der Waals surface area (Å²) >= 11 is 1.50. The topological polar surface area (TPSA) is 67.3 Å². The van der Waals surface area contributed by atoms with Crippen LogP contribution in [-0.2, 0) is 20.3 Å². The van der Waals surface area contributed by atoms with Gasteiger partial charge in [-0.3, -0.25) is 4.79 Å². The molecule has 5 nitrogen and oxygen atoms in total. The van der Waals surface area contributed by atoms with Gasteiger partial charge in [-0.2, -0.15) is 0 Å². The third kappa shape index (κ3) is 3.17. The Morgan fingerprint density at radius 1 is 1.59 bits per heavy atom. The summed E-state index contributed by atoms with van der Waals surface area (Å²) < 4.78 is 22.3. The van der Waals surface area contributed by atoms with E-state index in [0.29, 0.717) is 13.0 Å². The van der Waals surface area contributed by atoms with Crippen LogP contribution in [0.5, 0.6) is 0 Å². The summed E-state index contributed by atoms with van der Waals surface area (Å²) in [6, 6.07) is 0. The zero-order chi connectivity index (χ0) is 12.5. The Morgan fingerprint density at radius 3 is 2.88 bits per heavy atom. The number of halogens is 1. The van der Waals surface area contributed by atoms with E-state index in [-0.39, 0.29) is 18.9 Å². The molecule has 1 aliphatic heterocycles. The summed E-state index contributed by atoms with van der Waals surface area (Å²) in [7, 11) is 1.61. The lowest BCUT2D eigenvalue weighted by Crippen LogP contribution is -2.29. The zero-order valence-corrected chi connectivity index (χ0v) is 11.3. The molecule has 1 atom stereocenters. The Bertz CT molecular complexity index is 500. The standard InChI is InChI=1S/C9H11ClN2O3S2/c10-17(14,15)8-3-9(13)12(4-8)2-1-7-5-16-6-11-7/h5-6,8H,1-4H2. The van der Waals surface area contributed by atoms with Crippen molar-refractivity contribution < 1.29 is 13.2 Å². The Balaban J connectivity index is 1.93. The monoisotopic (exact) mass is 294 g/mol. The molecule has 0 saturated carbocycles. The van der Waals surface area contributed by atoms with Gasteiger partial charge in [0, 0.05) is 42.0 Å². The fourth-order valence-corrected chi connectivity index (χ4v) is 3.40. The Labute approximate surface area is 108 Å². The number of aromatic nitrogens is 1. The molecule has 0 N–H and O–H groups in total. The molecule has 2 heterocycles. The molecule has 0 bridgehead atoms. The van der Waals surface area contributed by atoms with E-state index in [0.717, 1.165) is 5.69 Å². The van der Waals surface area contributed by atoms with Crippen LogP contribution in [0.1, 0.15) is 12.1 Å². The molecule has 2 rings (SSSR count). The van der Waals surface area contributed by atoms with Crippen molar-refractivity contribution in [2.24, 2.45) is 0 Å². The highest BCUT2D eigenvalue weighted by Crippen LogP contribution is 2.21. The van der Waals surface area contributed by atoms with Gasteiger partial charge in [-0.1, -0.05) is 0 Å². The molecule has 0 aromatic carbocycles. The molecule has 0 spiro atoms. The number of thiazole rings is 1. The molecule has 8 heteroatoms. The number of hydrogen-bond donors (Lipinski definition) is 0. The van der Waals surface area contributed by atoms with Gasteiger partial charge < -0.3 is 4.90 Å². The van der Waals surface area contributed by atoms with Gasteiger partial charge in [-0.15, -0.1) is 11.3 Å². The molecule has 1 unspecified atom stereocenters. The third-order valence-electron chi connectivity index (χ3n) is 2.70. The fraction of sp³-hybridized carbons (Fsp3) is 0.556. The summed E-state index contributed by atoms with van der Waals surface area (Å²) in [4.78, 5) is 17.2. The maximum absolute atomic E-state index is 11.6. The van der Waals surface area contributed by atoms with Crippen molar-refractivity contribution in [2.75, 3.05) is 13.1 Å². The van der Waals surface area contributed by atoms with Crippen LogP contribution in [-0.4, -0.2) is 42.5 Å². The number of carbonyl (C=O) groups excluding carboxylic acids is 1. The van der Waals surface area contributed by atoms with Crippen LogP contribution in [0.4, 0.5) is 0 Å². The summed E-state index contributed by atoms with van der Waals surface area (Å²) in [6.45, 7) is 0.681. The van der Waals surface area contributed by atoms with Crippen LogP contribution in [0.25, 0.3) is 0 Å². The zero-order valence-electron chi connectivity index (χ0n) is 8.87. The first-order valence-electron chi connectivity index (χ1n) is 5.05. The predicted molar refractivity (Wildman–Crippen MR) is 65.6 cm³/mol. The second kappa shape index (κ2) is 4.91. The molecule has 1 aromatic heterocycles. The number of hydrogen-bond acceptors (Lipinski definition) is 5. The van der Waals surface area contributed by atoms with E-state index in [2.05, 4.69) is 4.98 Å². The van der Waals surface area contributed by atoms with Crippen molar-refractivity contribution in [3.8, 4) is 0 Å². The Hall–Kier alpha value is -0.660. The van der Waals surface area contributed by atoms with Gasteiger partial charge in [0.25, 0.3) is 0 Å². The quantitative estimate of drug-likeness (QED) is 0.772. The van der Waals surface area contributed by atoms with Crippen LogP contribution >= 0.6 is 22.0 Å². The number of amides is 1. The van der Waals surface area contributed by atoms with Gasteiger partial charge in [0.05, 0.1) is 11.2 Å². The lowest BCUT2D eigenvalue weighted by atomic mass is 10.3. The number of rotatable bonds is 4. The SMILES string of the molecule is O=C1CC(S(=O)(=O)Cl)CN1CCc1cscn1. The minimum absolute atomic E-state index is 0.0110. The lowest BCUT2D eigenvalue weighted by molar-refractivity contribution is -0.127. The van der Waals surface area contributed by atoms with E-state index in [9.17, 15) is 13.2 Å². The highest BCUT2D eigenvalue weighted by atomic mass is 35.7. The highest BCUT2D eigenvalue weighted by molar-refractivity contribution is 8.14. The maximum atomic E-state index is 11.6. The van der Waals surface area contributed by atoms with Crippen LogP contribution in [0.15, 0.2) is 10.9 Å². The maximum Gasteiger partial charge on any atom is 0.237 e. The van der Waals surface area contributed by atoms with Gasteiger partial charge >= 0.3 is 0 Å². The van der Waals surface area contributed by atoms with Gasteiger partial charge in [-0.05, 0) is 0 Å². The van der Waals surface area contributed by atoms with Gasteiger partial charge in [0.2, 0.25) is 15.0 Å². The molecule has 1 aliphatic rings. The van der Waals surface area contributed by atoms with Crippen molar-refractivity contribution in [1.82, 2.24) is 9.88 Å². The van der Waals surface area contributed by atoms with Crippen LogP contribution in [0.3, 0.4) is 0 Å². The third-order valence-corrected chi connectivity index (χ3v) is 5.20. The van der Waals surface area contributed by atoms with Crippen LogP contribution in [0.2, 0.25) is 0 Å². The largest absolute Gasteiger partial charge is 0.341 e. The molecule has 1 saturated heterocycles. The van der Waals surface area contributed by atoms with E-state index in [1.54, 1.807) is 5.51 Å². The van der Waals surface area contributed by atoms with E-state index >= 15 is 0 Å². The van der Waals surface area contributed by atoms with Crippen molar-refractivity contribution >= 4 is 37.0 Å². The fourth-order valence-electron chi connectivity index (χ4n) is 1.75. The average Bonchev–Trinajstić information content (AvgIpc) is 2.83. The molecule has 0 radical (unpaired) electrons. The number of carbonyl (C=O) groups is 1. The summed E-state index contributed by atoms with van der Waals surface area (Å²) in [5, 5.41) is 1.14. The minimum atomic E-state index is -3.64. The number of nitrogens with zero attached hydrogens (tertiary/aromatic N) is 2. The first-order chi connectivity index (χ1) is 7.97. The average molecular weight is 295 g/mol. The Morgan fingerprint density at radius 2 is 2.35 bits per heavy atom. The van der Waals surface area contributed by atoms with Crippen LogP contribution < -0.4 is 0 Å². The summed E-state index contributed by atoms with van der Waals surface area (Å²) in [5.41, 5.74) is 2.65. The Kier molecular flexibility index (Phi) is 3.70. The predicted octanol–water partition coefficient (Wildman–Crippen LogP) is 0.855. The van der Waals surface area contributed by atoms with E-state index < -0.39 is 14.3 Å². The lowest BCUT2D eigenvalue weighted by Gasteiger charge is -2.14. The number of likely N-dealkylation sites (tertiary alicyclic amines) is 1. The minimum Gasteiger partial charge on any atom is -0.341 e. The highest BCUT2D eigenvalue weighted by Gasteiger charge is 2.36. The molecule has 1 aromatic rings. The molecule has 94 valence electrons. The summed E-state index contributed by atoms with van der Waals surface area (Å²) in [5.74, 6) is -0.158. The second-order valence-electron chi connectivity index (χ2n) is 3.87. The van der Waals surface area contributed by atoms with Crippen LogP contribution in [0, 0.1) is 0 Å². The van der Waals surface area contributed by atoms with Gasteiger partial charge in [0.15, 0.2) is 0 Å². The van der Waals surface area contributed by atoms with E-state index in [1.807, 2.05) is 5.38 Å². The van der Waals surface area contributed by atoms with Gasteiger partial charge in [0.1, 0.15) is 5.25 Å². The van der Waals surface area contributed by atoms with Crippen molar-refractivity contribution in [1.29, 1.82) is 0 Å². The van der Waals surface area contributed by atoms with E-state index in [1.165, 1.54) is 16.2 Å². The summed E-state index contributed by atoms with van der Waals surface area (Å²) in [6.07, 6.45) is 0.632. The first-order valence-corrected chi connectivity index (χ1v) is 8.36. The van der Waals surface area contributed by atoms with Crippen molar-refractivity contribution in [3.05, 3.63) is 16.6 Å². The smallest absolute Gasteiger partial charge is 0.237 e. The molecule has 1 amide bonds. The second-order valence-corrected chi connectivity index (χ2v) is 7.50. The molecular formula is C9H11ClN2O3S2.